The van der Waals surface area contributed by atoms with Gasteiger partial charge < -0.3 is 14.8 Å². The number of halogens is 2. The summed E-state index contributed by atoms with van der Waals surface area (Å²) in [6, 6.07) is 9.42. The summed E-state index contributed by atoms with van der Waals surface area (Å²) in [6.07, 6.45) is 0.251. The number of hydrogen-bond acceptors (Lipinski definition) is 4. The number of alkyl halides is 2. The van der Waals surface area contributed by atoms with Gasteiger partial charge in [0.25, 0.3) is 0 Å². The molecule has 1 aromatic carbocycles. The van der Waals surface area contributed by atoms with Crippen LogP contribution < -0.4 is 5.32 Å². The van der Waals surface area contributed by atoms with Gasteiger partial charge in [0.15, 0.2) is 5.01 Å². The van der Waals surface area contributed by atoms with Gasteiger partial charge in [-0.2, -0.15) is 0 Å². The maximum Gasteiger partial charge on any atom is 0.407 e. The largest absolute Gasteiger partial charge is 0.450 e. The SMILES string of the molecule is O=C(CCCNC(=O)OCc1ccccc1)O[C@@H](Br)CBr. The molecule has 7 heteroatoms. The highest BCUT2D eigenvalue weighted by atomic mass is 79.9. The first kappa shape index (κ1) is 18.0. The molecule has 0 aromatic heterocycles. The molecule has 0 aliphatic heterocycles. The molecule has 0 spiro atoms. The van der Waals surface area contributed by atoms with E-state index in [0.29, 0.717) is 18.3 Å². The summed E-state index contributed by atoms with van der Waals surface area (Å²) in [5.74, 6) is -0.309. The van der Waals surface area contributed by atoms with Crippen molar-refractivity contribution in [3.63, 3.8) is 0 Å². The molecule has 0 heterocycles. The Kier molecular flexibility index (Phi) is 9.09. The average molecular weight is 423 g/mol. The molecule has 1 amide bonds. The fourth-order valence-corrected chi connectivity index (χ4v) is 1.77. The van der Waals surface area contributed by atoms with Gasteiger partial charge in [-0.3, -0.25) is 4.79 Å². The molecule has 5 nitrogen and oxygen atoms in total. The fraction of sp³-hybridized carbons (Fsp3) is 0.429. The maximum absolute atomic E-state index is 11.4. The van der Waals surface area contributed by atoms with Gasteiger partial charge in [-0.1, -0.05) is 46.3 Å². The van der Waals surface area contributed by atoms with E-state index in [1.807, 2.05) is 30.3 Å². The monoisotopic (exact) mass is 421 g/mol. The zero-order chi connectivity index (χ0) is 15.5. The Hall–Kier alpha value is -1.08. The minimum Gasteiger partial charge on any atom is -0.450 e. The highest BCUT2D eigenvalue weighted by molar-refractivity contribution is 9.12. The van der Waals surface area contributed by atoms with Crippen LogP contribution in [0.3, 0.4) is 0 Å². The zero-order valence-corrected chi connectivity index (χ0v) is 14.6. The second-order valence-corrected chi connectivity index (χ2v) is 5.82. The number of hydrogen-bond donors (Lipinski definition) is 1. The van der Waals surface area contributed by atoms with E-state index in [4.69, 9.17) is 9.47 Å². The van der Waals surface area contributed by atoms with Crippen LogP contribution in [0, 0.1) is 0 Å². The molecule has 1 atom stereocenters. The van der Waals surface area contributed by atoms with Crippen LogP contribution in [0.25, 0.3) is 0 Å². The van der Waals surface area contributed by atoms with Crippen molar-refractivity contribution >= 4 is 43.9 Å². The summed E-state index contributed by atoms with van der Waals surface area (Å²) >= 11 is 6.36. The molecule has 0 aliphatic rings. The quantitative estimate of drug-likeness (QED) is 0.396. The lowest BCUT2D eigenvalue weighted by atomic mass is 10.2. The van der Waals surface area contributed by atoms with Crippen molar-refractivity contribution in [3.05, 3.63) is 35.9 Å². The Labute approximate surface area is 140 Å². The van der Waals surface area contributed by atoms with E-state index >= 15 is 0 Å². The number of ether oxygens (including phenoxy) is 2. The molecule has 21 heavy (non-hydrogen) atoms. The smallest absolute Gasteiger partial charge is 0.407 e. The van der Waals surface area contributed by atoms with Gasteiger partial charge in [-0.15, -0.1) is 0 Å². The lowest BCUT2D eigenvalue weighted by Crippen LogP contribution is -2.26. The number of alkyl carbamates (subject to hydrolysis) is 1. The van der Waals surface area contributed by atoms with E-state index in [9.17, 15) is 9.59 Å². The Balaban J connectivity index is 2.07. The van der Waals surface area contributed by atoms with E-state index in [1.165, 1.54) is 0 Å². The summed E-state index contributed by atoms with van der Waals surface area (Å²) in [4.78, 5) is 22.8. The average Bonchev–Trinajstić information content (AvgIpc) is 2.50. The van der Waals surface area contributed by atoms with Crippen LogP contribution in [-0.2, 0) is 20.9 Å². The molecule has 0 unspecified atom stereocenters. The molecule has 1 aromatic rings. The number of benzene rings is 1. The van der Waals surface area contributed by atoms with E-state index in [2.05, 4.69) is 37.2 Å². The molecular weight excluding hydrogens is 406 g/mol. The second-order valence-electron chi connectivity index (χ2n) is 4.15. The molecule has 1 N–H and O–H groups in total. The Morgan fingerprint density at radius 2 is 1.95 bits per heavy atom. The minimum absolute atomic E-state index is 0.227. The third-order valence-corrected chi connectivity index (χ3v) is 4.39. The third kappa shape index (κ3) is 8.72. The summed E-state index contributed by atoms with van der Waals surface area (Å²) in [6.45, 7) is 0.592. The van der Waals surface area contributed by atoms with Crippen LogP contribution in [0.15, 0.2) is 30.3 Å². The summed E-state index contributed by atoms with van der Waals surface area (Å²) in [5, 5.41) is 2.79. The van der Waals surface area contributed by atoms with E-state index < -0.39 is 6.09 Å². The molecule has 0 fully saturated rings. The Morgan fingerprint density at radius 3 is 2.62 bits per heavy atom. The van der Waals surface area contributed by atoms with Gasteiger partial charge in [0, 0.05) is 13.0 Å². The first-order chi connectivity index (χ1) is 10.1. The molecule has 0 bridgehead atoms. The van der Waals surface area contributed by atoms with Gasteiger partial charge in [0.1, 0.15) is 6.61 Å². The molecule has 116 valence electrons. The second kappa shape index (κ2) is 10.6. The van der Waals surface area contributed by atoms with E-state index in [-0.39, 0.29) is 24.0 Å². The van der Waals surface area contributed by atoms with Gasteiger partial charge in [0.05, 0.1) is 5.33 Å². The number of amides is 1. The lowest BCUT2D eigenvalue weighted by molar-refractivity contribution is -0.144. The van der Waals surface area contributed by atoms with Crippen LogP contribution in [0.2, 0.25) is 0 Å². The summed E-state index contributed by atoms with van der Waals surface area (Å²) in [5.41, 5.74) is 0.925. The molecule has 0 saturated carbocycles. The normalized spacial score (nSPS) is 11.5. The van der Waals surface area contributed by atoms with E-state index in [1.54, 1.807) is 0 Å². The van der Waals surface area contributed by atoms with Crippen LogP contribution in [-0.4, -0.2) is 29.0 Å². The highest BCUT2D eigenvalue weighted by Crippen LogP contribution is 2.07. The van der Waals surface area contributed by atoms with Gasteiger partial charge in [-0.05, 0) is 27.9 Å². The van der Waals surface area contributed by atoms with Gasteiger partial charge in [0.2, 0.25) is 0 Å². The number of nitrogens with one attached hydrogen (secondary N) is 1. The lowest BCUT2D eigenvalue weighted by Gasteiger charge is -2.09. The zero-order valence-electron chi connectivity index (χ0n) is 11.4. The Bertz CT molecular complexity index is 442. The number of rotatable bonds is 8. The molecule has 0 saturated heterocycles. The summed E-state index contributed by atoms with van der Waals surface area (Å²) < 4.78 is 10.0. The van der Waals surface area contributed by atoms with Crippen molar-refractivity contribution in [1.82, 2.24) is 5.32 Å². The van der Waals surface area contributed by atoms with E-state index in [0.717, 1.165) is 5.56 Å². The maximum atomic E-state index is 11.4. The molecule has 0 aliphatic carbocycles. The summed E-state index contributed by atoms with van der Waals surface area (Å²) in [7, 11) is 0. The fourth-order valence-electron chi connectivity index (χ4n) is 1.43. The number of esters is 1. The molecule has 1 rings (SSSR count). The van der Waals surface area contributed by atoms with Crippen molar-refractivity contribution in [2.75, 3.05) is 11.9 Å². The van der Waals surface area contributed by atoms with Crippen molar-refractivity contribution in [1.29, 1.82) is 0 Å². The first-order valence-corrected chi connectivity index (χ1v) is 8.49. The standard InChI is InChI=1S/C14H17Br2NO4/c15-9-12(16)21-13(18)7-4-8-17-14(19)20-10-11-5-2-1-3-6-11/h1-3,5-6,12H,4,7-10H2,(H,17,19)/t12-/m1/s1. The molecular formula is C14H17Br2NO4. The van der Waals surface area contributed by atoms with Crippen molar-refractivity contribution in [2.45, 2.75) is 24.5 Å². The molecule has 0 radical (unpaired) electrons. The predicted octanol–water partition coefficient (Wildman–Crippen LogP) is 3.35. The highest BCUT2D eigenvalue weighted by Gasteiger charge is 2.09. The van der Waals surface area contributed by atoms with Crippen molar-refractivity contribution in [3.8, 4) is 0 Å². The first-order valence-electron chi connectivity index (χ1n) is 6.46. The van der Waals surface area contributed by atoms with Gasteiger partial charge in [-0.25, -0.2) is 4.79 Å². The minimum atomic E-state index is -0.494. The predicted molar refractivity (Wildman–Crippen MR) is 86.5 cm³/mol. The third-order valence-electron chi connectivity index (χ3n) is 2.42. The van der Waals surface area contributed by atoms with Crippen molar-refractivity contribution < 1.29 is 19.1 Å². The van der Waals surface area contributed by atoms with Crippen LogP contribution in [0.1, 0.15) is 18.4 Å². The number of carbonyl (C=O) groups is 2. The van der Waals surface area contributed by atoms with Crippen molar-refractivity contribution in [2.24, 2.45) is 0 Å². The van der Waals surface area contributed by atoms with Gasteiger partial charge >= 0.3 is 12.1 Å². The Morgan fingerprint density at radius 1 is 1.24 bits per heavy atom. The van der Waals surface area contributed by atoms with Crippen LogP contribution in [0.4, 0.5) is 4.79 Å². The van der Waals surface area contributed by atoms with Crippen LogP contribution in [0.5, 0.6) is 0 Å². The number of carbonyl (C=O) groups excluding carboxylic acids is 2. The topological polar surface area (TPSA) is 64.6 Å². The van der Waals surface area contributed by atoms with Crippen LogP contribution >= 0.6 is 31.9 Å².